The Morgan fingerprint density at radius 3 is 2.61 bits per heavy atom. The number of halogens is 2. The van der Waals surface area contributed by atoms with Crippen molar-refractivity contribution < 1.29 is 32.5 Å². The van der Waals surface area contributed by atoms with E-state index in [-0.39, 0.29) is 23.7 Å². The van der Waals surface area contributed by atoms with Crippen LogP contribution in [0.15, 0.2) is 24.3 Å². The highest BCUT2D eigenvalue weighted by Gasteiger charge is 2.31. The number of carbonyl (C=O) groups is 1. The van der Waals surface area contributed by atoms with Crippen LogP contribution in [-0.4, -0.2) is 56.6 Å². The monoisotopic (exact) mass is 397 g/mol. The normalized spacial score (nSPS) is 18.9. The Kier molecular flexibility index (Phi) is 7.22. The smallest absolute Gasteiger partial charge is 0.387 e. The van der Waals surface area contributed by atoms with Crippen molar-refractivity contribution in [2.75, 3.05) is 32.9 Å². The van der Waals surface area contributed by atoms with Crippen molar-refractivity contribution in [2.45, 2.75) is 32.7 Å². The average Bonchev–Trinajstić information content (AvgIpc) is 3.22. The summed E-state index contributed by atoms with van der Waals surface area (Å²) in [6.07, 6.45) is 4.68. The SMILES string of the molecule is CCOc1cc(/C=C/C(=O)N2CCC(C3OCCO3)CC2)ccc1OC(F)F. The largest absolute Gasteiger partial charge is 0.490 e. The lowest BCUT2D eigenvalue weighted by atomic mass is 9.96. The predicted molar refractivity (Wildman–Crippen MR) is 98.3 cm³/mol. The van der Waals surface area contributed by atoms with E-state index in [4.69, 9.17) is 14.2 Å². The number of alkyl halides is 2. The first-order valence-corrected chi connectivity index (χ1v) is 9.48. The van der Waals surface area contributed by atoms with Gasteiger partial charge in [-0.05, 0) is 43.5 Å². The minimum atomic E-state index is -2.93. The zero-order valence-electron chi connectivity index (χ0n) is 15.8. The minimum Gasteiger partial charge on any atom is -0.490 e. The van der Waals surface area contributed by atoms with E-state index < -0.39 is 6.61 Å². The summed E-state index contributed by atoms with van der Waals surface area (Å²) in [6.45, 7) is 1.73. The summed E-state index contributed by atoms with van der Waals surface area (Å²) in [5.41, 5.74) is 0.668. The zero-order chi connectivity index (χ0) is 19.9. The van der Waals surface area contributed by atoms with Gasteiger partial charge in [0.2, 0.25) is 5.91 Å². The number of hydrogen-bond acceptors (Lipinski definition) is 5. The van der Waals surface area contributed by atoms with Gasteiger partial charge in [0.05, 0.1) is 19.8 Å². The highest BCUT2D eigenvalue weighted by molar-refractivity contribution is 5.91. The Bertz CT molecular complexity index is 683. The van der Waals surface area contributed by atoms with Gasteiger partial charge in [-0.1, -0.05) is 6.07 Å². The molecule has 1 aromatic carbocycles. The summed E-state index contributed by atoms with van der Waals surface area (Å²) in [7, 11) is 0. The van der Waals surface area contributed by atoms with Crippen LogP contribution in [0.2, 0.25) is 0 Å². The lowest BCUT2D eigenvalue weighted by molar-refractivity contribution is -0.131. The standard InChI is InChI=1S/C20H25F2NO5/c1-2-25-17-13-14(3-5-16(17)28-20(21)22)4-6-18(24)23-9-7-15(8-10-23)19-26-11-12-27-19/h3-6,13,15,19-20H,2,7-12H2,1H3/b6-4+. The van der Waals surface area contributed by atoms with Crippen molar-refractivity contribution in [3.05, 3.63) is 29.8 Å². The summed E-state index contributed by atoms with van der Waals surface area (Å²) < 4.78 is 45.8. The fourth-order valence-corrected chi connectivity index (χ4v) is 3.40. The second-order valence-corrected chi connectivity index (χ2v) is 6.62. The van der Waals surface area contributed by atoms with Gasteiger partial charge in [-0.3, -0.25) is 4.79 Å². The molecule has 0 aliphatic carbocycles. The maximum absolute atomic E-state index is 12.5. The van der Waals surface area contributed by atoms with Gasteiger partial charge in [0.25, 0.3) is 0 Å². The molecule has 0 unspecified atom stereocenters. The molecule has 154 valence electrons. The highest BCUT2D eigenvalue weighted by atomic mass is 19.3. The molecule has 3 rings (SSSR count). The van der Waals surface area contributed by atoms with E-state index in [1.165, 1.54) is 12.1 Å². The lowest BCUT2D eigenvalue weighted by Gasteiger charge is -2.33. The number of likely N-dealkylation sites (tertiary alicyclic amines) is 1. The van der Waals surface area contributed by atoms with E-state index in [1.54, 1.807) is 30.0 Å². The van der Waals surface area contributed by atoms with Gasteiger partial charge in [0, 0.05) is 25.1 Å². The van der Waals surface area contributed by atoms with E-state index in [9.17, 15) is 13.6 Å². The molecule has 28 heavy (non-hydrogen) atoms. The Morgan fingerprint density at radius 2 is 1.96 bits per heavy atom. The molecule has 1 amide bonds. The molecule has 6 nitrogen and oxygen atoms in total. The first-order chi connectivity index (χ1) is 13.6. The van der Waals surface area contributed by atoms with Gasteiger partial charge >= 0.3 is 6.61 Å². The fraction of sp³-hybridized carbons (Fsp3) is 0.550. The van der Waals surface area contributed by atoms with E-state index in [0.29, 0.717) is 44.4 Å². The van der Waals surface area contributed by atoms with E-state index in [2.05, 4.69) is 4.74 Å². The van der Waals surface area contributed by atoms with Crippen LogP contribution in [0.4, 0.5) is 8.78 Å². The molecule has 0 bridgehead atoms. The molecule has 0 saturated carbocycles. The molecular formula is C20H25F2NO5. The van der Waals surface area contributed by atoms with Crippen LogP contribution in [0.1, 0.15) is 25.3 Å². The van der Waals surface area contributed by atoms with Crippen molar-refractivity contribution >= 4 is 12.0 Å². The maximum atomic E-state index is 12.5. The molecule has 1 aromatic rings. The number of rotatable bonds is 7. The number of carbonyl (C=O) groups excluding carboxylic acids is 1. The molecule has 2 aliphatic rings. The first kappa shape index (κ1) is 20.5. The number of nitrogens with zero attached hydrogens (tertiary/aromatic N) is 1. The highest BCUT2D eigenvalue weighted by Crippen LogP contribution is 2.30. The summed E-state index contributed by atoms with van der Waals surface area (Å²) in [5.74, 6) is 0.428. The van der Waals surface area contributed by atoms with E-state index in [1.807, 2.05) is 0 Å². The maximum Gasteiger partial charge on any atom is 0.387 e. The summed E-state index contributed by atoms with van der Waals surface area (Å²) >= 11 is 0. The van der Waals surface area contributed by atoms with E-state index >= 15 is 0 Å². The molecule has 2 aliphatic heterocycles. The molecule has 2 saturated heterocycles. The van der Waals surface area contributed by atoms with Crippen LogP contribution in [0.25, 0.3) is 6.08 Å². The van der Waals surface area contributed by atoms with Crippen molar-refractivity contribution in [2.24, 2.45) is 5.92 Å². The summed E-state index contributed by atoms with van der Waals surface area (Å²) in [6, 6.07) is 4.59. The predicted octanol–water partition coefficient (Wildman–Crippen LogP) is 3.31. The number of amides is 1. The topological polar surface area (TPSA) is 57.2 Å². The third-order valence-electron chi connectivity index (χ3n) is 4.79. The third-order valence-corrected chi connectivity index (χ3v) is 4.79. The Morgan fingerprint density at radius 1 is 1.25 bits per heavy atom. The van der Waals surface area contributed by atoms with Crippen molar-refractivity contribution in [1.29, 1.82) is 0 Å². The van der Waals surface area contributed by atoms with Crippen molar-refractivity contribution in [1.82, 2.24) is 4.90 Å². The average molecular weight is 397 g/mol. The zero-order valence-corrected chi connectivity index (χ0v) is 15.8. The van der Waals surface area contributed by atoms with Crippen LogP contribution in [-0.2, 0) is 14.3 Å². The molecule has 0 spiro atoms. The third kappa shape index (κ3) is 5.42. The van der Waals surface area contributed by atoms with Gasteiger partial charge in [-0.2, -0.15) is 8.78 Å². The molecule has 0 N–H and O–H groups in total. The van der Waals surface area contributed by atoms with Crippen LogP contribution < -0.4 is 9.47 Å². The quantitative estimate of drug-likeness (QED) is 0.661. The van der Waals surface area contributed by atoms with Crippen LogP contribution in [0, 0.1) is 5.92 Å². The molecule has 0 atom stereocenters. The second kappa shape index (κ2) is 9.84. The second-order valence-electron chi connectivity index (χ2n) is 6.62. The van der Waals surface area contributed by atoms with Crippen LogP contribution >= 0.6 is 0 Å². The number of piperidine rings is 1. The van der Waals surface area contributed by atoms with Gasteiger partial charge in [-0.25, -0.2) is 0 Å². The lowest BCUT2D eigenvalue weighted by Crippen LogP contribution is -2.40. The first-order valence-electron chi connectivity index (χ1n) is 9.48. The van der Waals surface area contributed by atoms with Crippen LogP contribution in [0.3, 0.4) is 0 Å². The Labute approximate surface area is 163 Å². The van der Waals surface area contributed by atoms with E-state index in [0.717, 1.165) is 12.8 Å². The molecular weight excluding hydrogens is 372 g/mol. The fourth-order valence-electron chi connectivity index (χ4n) is 3.40. The van der Waals surface area contributed by atoms with Crippen molar-refractivity contribution in [3.63, 3.8) is 0 Å². The number of hydrogen-bond donors (Lipinski definition) is 0. The van der Waals surface area contributed by atoms with Gasteiger partial charge in [0.1, 0.15) is 0 Å². The molecule has 0 radical (unpaired) electrons. The Hall–Kier alpha value is -2.19. The number of benzene rings is 1. The summed E-state index contributed by atoms with van der Waals surface area (Å²) in [4.78, 5) is 14.2. The number of ether oxygens (including phenoxy) is 4. The molecule has 8 heteroatoms. The van der Waals surface area contributed by atoms with Crippen molar-refractivity contribution in [3.8, 4) is 11.5 Å². The van der Waals surface area contributed by atoms with Gasteiger partial charge in [0.15, 0.2) is 17.8 Å². The molecule has 0 aromatic heterocycles. The van der Waals surface area contributed by atoms with Gasteiger partial charge in [-0.15, -0.1) is 0 Å². The molecule has 2 fully saturated rings. The van der Waals surface area contributed by atoms with Gasteiger partial charge < -0.3 is 23.8 Å². The van der Waals surface area contributed by atoms with Crippen LogP contribution in [0.5, 0.6) is 11.5 Å². The summed E-state index contributed by atoms with van der Waals surface area (Å²) in [5, 5.41) is 0. The minimum absolute atomic E-state index is 0.0289. The molecule has 2 heterocycles. The Balaban J connectivity index is 1.57.